The number of hydrogen-bond acceptors (Lipinski definition) is 4. The van der Waals surface area contributed by atoms with Gasteiger partial charge in [0.1, 0.15) is 11.6 Å². The van der Waals surface area contributed by atoms with Crippen molar-refractivity contribution >= 4 is 38.8 Å². The molecule has 0 saturated carbocycles. The summed E-state index contributed by atoms with van der Waals surface area (Å²) in [6.45, 7) is 0. The molecular formula is C17H13ClFN3O2S. The SMILES string of the molecule is O=S(=O)(Nc1ccc(Nc2ccc(F)cc2)nc1)c1cccc(Cl)c1. The average Bonchev–Trinajstić information content (AvgIpc) is 2.58. The van der Waals surface area contributed by atoms with Crippen LogP contribution in [-0.4, -0.2) is 13.4 Å². The molecule has 0 amide bonds. The van der Waals surface area contributed by atoms with Crippen molar-refractivity contribution in [2.24, 2.45) is 0 Å². The van der Waals surface area contributed by atoms with Gasteiger partial charge in [-0.1, -0.05) is 17.7 Å². The van der Waals surface area contributed by atoms with Gasteiger partial charge >= 0.3 is 0 Å². The third-order valence-electron chi connectivity index (χ3n) is 3.24. The second kappa shape index (κ2) is 7.08. The van der Waals surface area contributed by atoms with Crippen LogP contribution >= 0.6 is 11.6 Å². The van der Waals surface area contributed by atoms with E-state index in [0.717, 1.165) is 0 Å². The van der Waals surface area contributed by atoms with Crippen LogP contribution in [0.1, 0.15) is 0 Å². The quantitative estimate of drug-likeness (QED) is 0.690. The topological polar surface area (TPSA) is 71.1 Å². The zero-order chi connectivity index (χ0) is 17.9. The van der Waals surface area contributed by atoms with Gasteiger partial charge < -0.3 is 5.32 Å². The number of rotatable bonds is 5. The predicted molar refractivity (Wildman–Crippen MR) is 96.2 cm³/mol. The normalized spacial score (nSPS) is 11.1. The van der Waals surface area contributed by atoms with E-state index in [2.05, 4.69) is 15.0 Å². The largest absolute Gasteiger partial charge is 0.340 e. The highest BCUT2D eigenvalue weighted by Gasteiger charge is 2.14. The van der Waals surface area contributed by atoms with Crippen molar-refractivity contribution < 1.29 is 12.8 Å². The van der Waals surface area contributed by atoms with E-state index in [9.17, 15) is 12.8 Å². The molecule has 0 aliphatic heterocycles. The lowest BCUT2D eigenvalue weighted by Gasteiger charge is -2.09. The molecule has 0 saturated heterocycles. The lowest BCUT2D eigenvalue weighted by molar-refractivity contribution is 0.601. The Bertz CT molecular complexity index is 978. The first-order valence-electron chi connectivity index (χ1n) is 7.19. The smallest absolute Gasteiger partial charge is 0.261 e. The molecule has 2 N–H and O–H groups in total. The Kier molecular flexibility index (Phi) is 4.87. The van der Waals surface area contributed by atoms with Crippen LogP contribution in [0.4, 0.5) is 21.6 Å². The number of hydrogen-bond donors (Lipinski definition) is 2. The Morgan fingerprint density at radius 2 is 1.68 bits per heavy atom. The van der Waals surface area contributed by atoms with Crippen LogP contribution in [0.5, 0.6) is 0 Å². The third-order valence-corrected chi connectivity index (χ3v) is 4.85. The van der Waals surface area contributed by atoms with Crippen LogP contribution < -0.4 is 10.0 Å². The summed E-state index contributed by atoms with van der Waals surface area (Å²) in [4.78, 5) is 4.20. The standard InChI is InChI=1S/C17H13ClFN3O2S/c18-12-2-1-3-16(10-12)25(23,24)22-15-8-9-17(20-11-15)21-14-6-4-13(19)5-7-14/h1-11,22H,(H,20,21). The molecule has 128 valence electrons. The maximum atomic E-state index is 12.9. The molecule has 0 aliphatic rings. The minimum absolute atomic E-state index is 0.0634. The van der Waals surface area contributed by atoms with E-state index in [-0.39, 0.29) is 10.7 Å². The Hall–Kier alpha value is -2.64. The van der Waals surface area contributed by atoms with E-state index in [1.165, 1.54) is 30.5 Å². The highest BCUT2D eigenvalue weighted by Crippen LogP contribution is 2.20. The van der Waals surface area contributed by atoms with Crippen LogP contribution in [0.3, 0.4) is 0 Å². The minimum Gasteiger partial charge on any atom is -0.340 e. The zero-order valence-corrected chi connectivity index (χ0v) is 14.4. The van der Waals surface area contributed by atoms with Gasteiger partial charge in [0.2, 0.25) is 0 Å². The van der Waals surface area contributed by atoms with Gasteiger partial charge in [-0.3, -0.25) is 4.72 Å². The summed E-state index contributed by atoms with van der Waals surface area (Å²) in [7, 11) is -3.75. The van der Waals surface area contributed by atoms with Gasteiger partial charge in [-0.05, 0) is 54.6 Å². The van der Waals surface area contributed by atoms with E-state index in [0.29, 0.717) is 22.2 Å². The fourth-order valence-electron chi connectivity index (χ4n) is 2.06. The number of halogens is 2. The Morgan fingerprint density at radius 1 is 0.960 bits per heavy atom. The Labute approximate surface area is 149 Å². The van der Waals surface area contributed by atoms with E-state index >= 15 is 0 Å². The number of aromatic nitrogens is 1. The Morgan fingerprint density at radius 3 is 2.32 bits per heavy atom. The number of anilines is 3. The van der Waals surface area contributed by atoms with Crippen molar-refractivity contribution in [2.75, 3.05) is 10.0 Å². The molecule has 3 aromatic rings. The van der Waals surface area contributed by atoms with Crippen molar-refractivity contribution in [3.05, 3.63) is 77.7 Å². The van der Waals surface area contributed by atoms with Crippen LogP contribution in [0.2, 0.25) is 5.02 Å². The lowest BCUT2D eigenvalue weighted by Crippen LogP contribution is -2.13. The van der Waals surface area contributed by atoms with Gasteiger partial charge in [0, 0.05) is 10.7 Å². The van der Waals surface area contributed by atoms with Crippen LogP contribution in [0.25, 0.3) is 0 Å². The molecule has 25 heavy (non-hydrogen) atoms. The summed E-state index contributed by atoms with van der Waals surface area (Å²) in [6.07, 6.45) is 1.38. The summed E-state index contributed by atoms with van der Waals surface area (Å²) in [6, 6.07) is 15.0. The fourth-order valence-corrected chi connectivity index (χ4v) is 3.40. The molecule has 8 heteroatoms. The molecule has 5 nitrogen and oxygen atoms in total. The first-order chi connectivity index (χ1) is 11.9. The highest BCUT2D eigenvalue weighted by atomic mass is 35.5. The summed E-state index contributed by atoms with van der Waals surface area (Å²) >= 11 is 5.83. The van der Waals surface area contributed by atoms with E-state index in [4.69, 9.17) is 11.6 Å². The van der Waals surface area contributed by atoms with Crippen molar-refractivity contribution in [2.45, 2.75) is 4.90 Å². The number of pyridine rings is 1. The molecule has 0 fully saturated rings. The van der Waals surface area contributed by atoms with Gasteiger partial charge in [-0.2, -0.15) is 0 Å². The second-order valence-electron chi connectivity index (χ2n) is 5.13. The maximum absolute atomic E-state index is 12.9. The second-order valence-corrected chi connectivity index (χ2v) is 7.25. The van der Waals surface area contributed by atoms with Gasteiger partial charge in [-0.15, -0.1) is 0 Å². The van der Waals surface area contributed by atoms with Gasteiger partial charge in [-0.25, -0.2) is 17.8 Å². The molecule has 3 rings (SSSR count). The zero-order valence-electron chi connectivity index (χ0n) is 12.8. The first-order valence-corrected chi connectivity index (χ1v) is 9.05. The van der Waals surface area contributed by atoms with E-state index in [1.807, 2.05) is 0 Å². The molecule has 0 atom stereocenters. The first kappa shape index (κ1) is 17.2. The van der Waals surface area contributed by atoms with Gasteiger partial charge in [0.25, 0.3) is 10.0 Å². The molecular weight excluding hydrogens is 365 g/mol. The fraction of sp³-hybridized carbons (Fsp3) is 0. The minimum atomic E-state index is -3.75. The molecule has 0 radical (unpaired) electrons. The molecule has 0 aliphatic carbocycles. The lowest BCUT2D eigenvalue weighted by atomic mass is 10.3. The molecule has 2 aromatic carbocycles. The summed E-state index contributed by atoms with van der Waals surface area (Å²) in [5, 5.41) is 3.32. The van der Waals surface area contributed by atoms with Crippen molar-refractivity contribution in [3.63, 3.8) is 0 Å². The van der Waals surface area contributed by atoms with E-state index < -0.39 is 10.0 Å². The van der Waals surface area contributed by atoms with Gasteiger partial charge in [0.05, 0.1) is 16.8 Å². The molecule has 0 spiro atoms. The monoisotopic (exact) mass is 377 g/mol. The predicted octanol–water partition coefficient (Wildman–Crippen LogP) is 4.42. The molecule has 1 aromatic heterocycles. The Balaban J connectivity index is 1.73. The average molecular weight is 378 g/mol. The molecule has 1 heterocycles. The van der Waals surface area contributed by atoms with E-state index in [1.54, 1.807) is 36.4 Å². The van der Waals surface area contributed by atoms with Crippen LogP contribution in [0.15, 0.2) is 71.8 Å². The molecule has 0 bridgehead atoms. The summed E-state index contributed by atoms with van der Waals surface area (Å²) in [5.41, 5.74) is 0.978. The van der Waals surface area contributed by atoms with Crippen LogP contribution in [-0.2, 0) is 10.0 Å². The third kappa shape index (κ3) is 4.46. The van der Waals surface area contributed by atoms with Crippen LogP contribution in [0, 0.1) is 5.82 Å². The van der Waals surface area contributed by atoms with Crippen molar-refractivity contribution in [1.29, 1.82) is 0 Å². The highest BCUT2D eigenvalue weighted by molar-refractivity contribution is 7.92. The van der Waals surface area contributed by atoms with Crippen molar-refractivity contribution in [1.82, 2.24) is 4.98 Å². The number of nitrogens with zero attached hydrogens (tertiary/aromatic N) is 1. The van der Waals surface area contributed by atoms with Crippen molar-refractivity contribution in [3.8, 4) is 0 Å². The number of nitrogens with one attached hydrogen (secondary N) is 2. The summed E-state index contributed by atoms with van der Waals surface area (Å²) in [5.74, 6) is 0.168. The summed E-state index contributed by atoms with van der Waals surface area (Å²) < 4.78 is 39.9. The maximum Gasteiger partial charge on any atom is 0.261 e. The van der Waals surface area contributed by atoms with Gasteiger partial charge in [0.15, 0.2) is 0 Å². The number of benzene rings is 2. The number of sulfonamides is 1. The molecule has 0 unspecified atom stereocenters.